The van der Waals surface area contributed by atoms with Gasteiger partial charge in [0, 0.05) is 0 Å². The van der Waals surface area contributed by atoms with Crippen molar-refractivity contribution < 1.29 is 5.11 Å². The molecule has 0 amide bonds. The van der Waals surface area contributed by atoms with Crippen LogP contribution in [0.3, 0.4) is 0 Å². The molecule has 0 aliphatic carbocycles. The first-order valence-electron chi connectivity index (χ1n) is 2.97. The van der Waals surface area contributed by atoms with E-state index in [1.54, 1.807) is 13.0 Å². The Morgan fingerprint density at radius 2 is 2.00 bits per heavy atom. The number of halogens is 3. The number of allylic oxidation sites excluding steroid dienone is 1. The smallest absolute Gasteiger partial charge is 0.220 e. The van der Waals surface area contributed by atoms with Crippen molar-refractivity contribution in [3.63, 3.8) is 0 Å². The normalized spacial score (nSPS) is 16.3. The van der Waals surface area contributed by atoms with Gasteiger partial charge in [-0.2, -0.15) is 0 Å². The summed E-state index contributed by atoms with van der Waals surface area (Å²) in [6, 6.07) is 0. The van der Waals surface area contributed by atoms with Gasteiger partial charge >= 0.3 is 0 Å². The van der Waals surface area contributed by atoms with Gasteiger partial charge in [-0.3, -0.25) is 0 Å². The third-order valence-electron chi connectivity index (χ3n) is 1.19. The molecule has 0 spiro atoms. The second-order valence-corrected chi connectivity index (χ2v) is 4.31. The molecule has 0 aromatic carbocycles. The summed E-state index contributed by atoms with van der Waals surface area (Å²) in [5.74, 6) is 0. The number of aliphatic hydroxyl groups is 1. The van der Waals surface area contributed by atoms with Crippen LogP contribution >= 0.6 is 34.8 Å². The van der Waals surface area contributed by atoms with Crippen LogP contribution in [0, 0.1) is 0 Å². The van der Waals surface area contributed by atoms with Crippen LogP contribution < -0.4 is 0 Å². The Hall–Kier alpha value is 0.310. The Kier molecular flexibility index (Phi) is 4.49. The van der Waals surface area contributed by atoms with Gasteiger partial charge in [0.25, 0.3) is 0 Å². The second-order valence-electron chi connectivity index (χ2n) is 1.94. The maximum atomic E-state index is 9.31. The number of hydrogen-bond acceptors (Lipinski definition) is 1. The SMILES string of the molecule is C=CC(=CC)C(O)C(Cl)(Cl)Cl. The lowest BCUT2D eigenvalue weighted by atomic mass is 10.1. The summed E-state index contributed by atoms with van der Waals surface area (Å²) in [7, 11) is 0. The van der Waals surface area contributed by atoms with Gasteiger partial charge in [0.15, 0.2) is 0 Å². The molecule has 11 heavy (non-hydrogen) atoms. The second kappa shape index (κ2) is 4.36. The molecular weight excluding hydrogens is 206 g/mol. The molecule has 0 aromatic heterocycles. The van der Waals surface area contributed by atoms with E-state index in [1.165, 1.54) is 6.08 Å². The highest BCUT2D eigenvalue weighted by Gasteiger charge is 2.32. The third kappa shape index (κ3) is 3.48. The lowest BCUT2D eigenvalue weighted by molar-refractivity contribution is 0.219. The molecule has 0 bridgehead atoms. The number of hydrogen-bond donors (Lipinski definition) is 1. The molecule has 0 aromatic rings. The Morgan fingerprint density at radius 1 is 1.55 bits per heavy atom. The predicted octanol–water partition coefficient (Wildman–Crippen LogP) is 2.85. The molecule has 64 valence electrons. The van der Waals surface area contributed by atoms with Crippen molar-refractivity contribution in [3.8, 4) is 0 Å². The van der Waals surface area contributed by atoms with Gasteiger partial charge in [-0.05, 0) is 12.5 Å². The summed E-state index contributed by atoms with van der Waals surface area (Å²) in [5, 5.41) is 9.31. The summed E-state index contributed by atoms with van der Waals surface area (Å²) in [6.45, 7) is 5.20. The maximum absolute atomic E-state index is 9.31. The van der Waals surface area contributed by atoms with Gasteiger partial charge in [0.1, 0.15) is 6.10 Å². The molecule has 4 heteroatoms. The minimum Gasteiger partial charge on any atom is -0.384 e. The molecule has 1 atom stereocenters. The van der Waals surface area contributed by atoms with Gasteiger partial charge < -0.3 is 5.11 Å². The van der Waals surface area contributed by atoms with E-state index in [1.807, 2.05) is 0 Å². The first kappa shape index (κ1) is 11.3. The standard InChI is InChI=1S/C7H9Cl3O/c1-3-5(4-2)6(11)7(8,9)10/h3-4,6,11H,1H2,2H3. The van der Waals surface area contributed by atoms with Crippen molar-refractivity contribution in [1.29, 1.82) is 0 Å². The lowest BCUT2D eigenvalue weighted by Gasteiger charge is -2.19. The first-order valence-corrected chi connectivity index (χ1v) is 4.10. The molecule has 0 saturated heterocycles. The van der Waals surface area contributed by atoms with Crippen molar-refractivity contribution in [3.05, 3.63) is 24.3 Å². The van der Waals surface area contributed by atoms with E-state index in [-0.39, 0.29) is 0 Å². The van der Waals surface area contributed by atoms with Crippen LogP contribution in [0.4, 0.5) is 0 Å². The molecule has 0 rings (SSSR count). The van der Waals surface area contributed by atoms with Crippen LogP contribution in [0.2, 0.25) is 0 Å². The molecule has 1 nitrogen and oxygen atoms in total. The van der Waals surface area contributed by atoms with E-state index in [0.29, 0.717) is 5.57 Å². The van der Waals surface area contributed by atoms with Crippen LogP contribution in [-0.2, 0) is 0 Å². The van der Waals surface area contributed by atoms with Crippen molar-refractivity contribution in [2.45, 2.75) is 16.8 Å². The Bertz CT molecular complexity index is 169. The monoisotopic (exact) mass is 214 g/mol. The highest BCUT2D eigenvalue weighted by molar-refractivity contribution is 6.68. The van der Waals surface area contributed by atoms with Crippen LogP contribution in [0.25, 0.3) is 0 Å². The Morgan fingerprint density at radius 3 is 2.09 bits per heavy atom. The number of alkyl halides is 3. The largest absolute Gasteiger partial charge is 0.384 e. The quantitative estimate of drug-likeness (QED) is 0.555. The van der Waals surface area contributed by atoms with E-state index < -0.39 is 9.90 Å². The highest BCUT2D eigenvalue weighted by atomic mass is 35.6. The average molecular weight is 216 g/mol. The molecule has 1 unspecified atom stereocenters. The molecule has 1 N–H and O–H groups in total. The Labute approximate surface area is 81.3 Å². The molecule has 0 aliphatic rings. The number of rotatable bonds is 2. The first-order chi connectivity index (χ1) is 4.93. The molecule has 0 radical (unpaired) electrons. The van der Waals surface area contributed by atoms with Crippen molar-refractivity contribution in [2.75, 3.05) is 0 Å². The van der Waals surface area contributed by atoms with E-state index in [2.05, 4.69) is 6.58 Å². The minimum absolute atomic E-state index is 0.505. The van der Waals surface area contributed by atoms with E-state index in [9.17, 15) is 5.11 Å². The van der Waals surface area contributed by atoms with Gasteiger partial charge in [0.2, 0.25) is 3.79 Å². The van der Waals surface area contributed by atoms with Gasteiger partial charge in [-0.15, -0.1) is 0 Å². The molecular formula is C7H9Cl3O. The number of aliphatic hydroxyl groups excluding tert-OH is 1. The predicted molar refractivity (Wildman–Crippen MR) is 50.3 cm³/mol. The molecule has 0 heterocycles. The topological polar surface area (TPSA) is 20.2 Å². The van der Waals surface area contributed by atoms with E-state index in [4.69, 9.17) is 34.8 Å². The fraction of sp³-hybridized carbons (Fsp3) is 0.429. The maximum Gasteiger partial charge on any atom is 0.220 e. The molecule has 0 fully saturated rings. The summed E-state index contributed by atoms with van der Waals surface area (Å²) >= 11 is 16.3. The van der Waals surface area contributed by atoms with Crippen molar-refractivity contribution in [2.24, 2.45) is 0 Å². The zero-order chi connectivity index (χ0) is 9.07. The fourth-order valence-corrected chi connectivity index (χ4v) is 0.954. The van der Waals surface area contributed by atoms with Gasteiger partial charge in [0.05, 0.1) is 0 Å². The fourth-order valence-electron chi connectivity index (χ4n) is 0.576. The summed E-state index contributed by atoms with van der Waals surface area (Å²) in [5.41, 5.74) is 0.505. The summed E-state index contributed by atoms with van der Waals surface area (Å²) < 4.78 is -1.68. The van der Waals surface area contributed by atoms with E-state index in [0.717, 1.165) is 0 Å². The van der Waals surface area contributed by atoms with Crippen molar-refractivity contribution in [1.82, 2.24) is 0 Å². The van der Waals surface area contributed by atoms with Gasteiger partial charge in [-0.25, -0.2) is 0 Å². The lowest BCUT2D eigenvalue weighted by Crippen LogP contribution is -2.26. The molecule has 0 aliphatic heterocycles. The van der Waals surface area contributed by atoms with Crippen LogP contribution in [0.1, 0.15) is 6.92 Å². The van der Waals surface area contributed by atoms with Crippen LogP contribution in [-0.4, -0.2) is 15.0 Å². The highest BCUT2D eigenvalue weighted by Crippen LogP contribution is 2.33. The Balaban J connectivity index is 4.47. The zero-order valence-corrected chi connectivity index (χ0v) is 8.29. The van der Waals surface area contributed by atoms with Crippen LogP contribution in [0.15, 0.2) is 24.3 Å². The van der Waals surface area contributed by atoms with Crippen molar-refractivity contribution >= 4 is 34.8 Å². The van der Waals surface area contributed by atoms with Crippen LogP contribution in [0.5, 0.6) is 0 Å². The van der Waals surface area contributed by atoms with Gasteiger partial charge in [-0.1, -0.05) is 53.5 Å². The van der Waals surface area contributed by atoms with E-state index >= 15 is 0 Å². The third-order valence-corrected chi connectivity index (χ3v) is 1.81. The zero-order valence-electron chi connectivity index (χ0n) is 6.02. The minimum atomic E-state index is -1.68. The average Bonchev–Trinajstić information content (AvgIpc) is 1.88. The molecule has 0 saturated carbocycles. The summed E-state index contributed by atoms with van der Waals surface area (Å²) in [6.07, 6.45) is 1.97. The summed E-state index contributed by atoms with van der Waals surface area (Å²) in [4.78, 5) is 0.